The summed E-state index contributed by atoms with van der Waals surface area (Å²) in [7, 11) is 0. The van der Waals surface area contributed by atoms with Gasteiger partial charge in [0.15, 0.2) is 0 Å². The molecule has 1 amide bonds. The van der Waals surface area contributed by atoms with Crippen LogP contribution in [0.3, 0.4) is 0 Å². The maximum Gasteiger partial charge on any atom is 0.254 e. The lowest BCUT2D eigenvalue weighted by Gasteiger charge is -2.31. The number of hydrogen-bond donors (Lipinski definition) is 3. The highest BCUT2D eigenvalue weighted by molar-refractivity contribution is 6.32. The van der Waals surface area contributed by atoms with Crippen molar-refractivity contribution in [3.63, 3.8) is 0 Å². The molecule has 0 saturated carbocycles. The van der Waals surface area contributed by atoms with Crippen LogP contribution in [0.25, 0.3) is 0 Å². The Morgan fingerprint density at radius 3 is 2.47 bits per heavy atom. The largest absolute Gasteiger partial charge is 0.464 e. The van der Waals surface area contributed by atoms with Crippen molar-refractivity contribution < 1.29 is 10.6 Å². The van der Waals surface area contributed by atoms with Gasteiger partial charge >= 0.3 is 0 Å². The van der Waals surface area contributed by atoms with Crippen LogP contribution in [-0.2, 0) is 6.54 Å². The first-order valence-corrected chi connectivity index (χ1v) is 9.87. The lowest BCUT2D eigenvalue weighted by Crippen LogP contribution is -2.39. The average Bonchev–Trinajstić information content (AvgIpc) is 3.31. The second-order valence-corrected chi connectivity index (χ2v) is 8.73. The van der Waals surface area contributed by atoms with Crippen LogP contribution in [0.15, 0.2) is 38.3 Å². The first-order valence-electron chi connectivity index (χ1n) is 9.99. The number of hydrogen-bond acceptors (Lipinski definition) is 6. The van der Waals surface area contributed by atoms with Crippen molar-refractivity contribution in [1.29, 1.82) is 0 Å². The molecule has 0 radical (unpaired) electrons. The van der Waals surface area contributed by atoms with Crippen LogP contribution < -0.4 is 26.8 Å². The second-order valence-electron chi connectivity index (χ2n) is 8.32. The van der Waals surface area contributed by atoms with Gasteiger partial charge in [0.2, 0.25) is 0 Å². The fourth-order valence-electron chi connectivity index (χ4n) is 3.49. The molecule has 0 aliphatic carbocycles. The van der Waals surface area contributed by atoms with Crippen molar-refractivity contribution in [2.75, 3.05) is 10.6 Å². The smallest absolute Gasteiger partial charge is 0.254 e. The van der Waals surface area contributed by atoms with E-state index in [0.29, 0.717) is 33.4 Å². The topological polar surface area (TPSA) is 100 Å². The highest BCUT2D eigenvalue weighted by atomic mass is 35.5. The summed E-state index contributed by atoms with van der Waals surface area (Å²) in [5, 5.41) is 8.98. The third-order valence-corrected chi connectivity index (χ3v) is 5.42. The molecule has 8 heteroatoms. The van der Waals surface area contributed by atoms with Crippen molar-refractivity contribution in [3.8, 4) is 0 Å². The number of rotatable bonds is 5. The van der Waals surface area contributed by atoms with E-state index in [-0.39, 0.29) is 23.8 Å². The highest BCUT2D eigenvalue weighted by Crippen LogP contribution is 2.38. The Morgan fingerprint density at radius 2 is 1.83 bits per heavy atom. The summed E-state index contributed by atoms with van der Waals surface area (Å²) in [5.74, 6) is 0.635. The monoisotopic (exact) mass is 428 g/mol. The van der Waals surface area contributed by atoms with Gasteiger partial charge in [-0.05, 0) is 36.6 Å². The first kappa shape index (κ1) is 18.9. The number of nitrogens with one attached hydrogen (secondary N) is 3. The van der Waals surface area contributed by atoms with E-state index in [1.165, 1.54) is 0 Å². The van der Waals surface area contributed by atoms with Gasteiger partial charge < -0.3 is 20.4 Å². The van der Waals surface area contributed by atoms with E-state index in [2.05, 4.69) is 16.0 Å². The minimum absolute atomic E-state index is 0.00150. The van der Waals surface area contributed by atoms with Crippen LogP contribution in [0.2, 0.25) is 5.02 Å². The van der Waals surface area contributed by atoms with Gasteiger partial charge in [0.25, 0.3) is 16.8 Å². The number of anilines is 3. The molecule has 30 heavy (non-hydrogen) atoms. The van der Waals surface area contributed by atoms with Crippen LogP contribution in [0.4, 0.5) is 17.1 Å². The van der Waals surface area contributed by atoms with Crippen LogP contribution in [0.1, 0.15) is 55.6 Å². The summed E-state index contributed by atoms with van der Waals surface area (Å²) in [6.45, 7) is 7.56. The molecule has 4 rings (SSSR count). The molecular formula is C22H22ClN3O4. The van der Waals surface area contributed by atoms with Gasteiger partial charge in [-0.2, -0.15) is 0 Å². The summed E-state index contributed by atoms with van der Waals surface area (Å²) in [5.41, 5.74) is -0.857. The Hall–Kier alpha value is -3.06. The minimum atomic E-state index is -1.53. The highest BCUT2D eigenvalue weighted by Gasteiger charge is 2.33. The van der Waals surface area contributed by atoms with E-state index in [1.54, 1.807) is 31.2 Å². The molecule has 156 valence electrons. The molecule has 0 spiro atoms. The summed E-state index contributed by atoms with van der Waals surface area (Å²) in [6.07, 6.45) is 0. The lowest BCUT2D eigenvalue weighted by molar-refractivity contribution is 0.0966. The lowest BCUT2D eigenvalue weighted by atomic mass is 9.85. The molecule has 1 aliphatic rings. The third kappa shape index (κ3) is 3.29. The van der Waals surface area contributed by atoms with Crippen LogP contribution in [0.5, 0.6) is 0 Å². The van der Waals surface area contributed by atoms with Gasteiger partial charge in [-0.3, -0.25) is 14.4 Å². The van der Waals surface area contributed by atoms with Gasteiger partial charge in [0.05, 0.1) is 18.6 Å². The predicted octanol–water partition coefficient (Wildman–Crippen LogP) is 4.02. The summed E-state index contributed by atoms with van der Waals surface area (Å²) in [6, 6.07) is 5.09. The van der Waals surface area contributed by atoms with Crippen LogP contribution in [0, 0.1) is 12.3 Å². The van der Waals surface area contributed by atoms with E-state index in [0.717, 1.165) is 0 Å². The van der Waals surface area contributed by atoms with Crippen molar-refractivity contribution in [2.45, 2.75) is 40.3 Å². The van der Waals surface area contributed by atoms with Gasteiger partial charge in [0, 0.05) is 17.1 Å². The van der Waals surface area contributed by atoms with Gasteiger partial charge in [-0.15, -0.1) is 0 Å². The molecule has 0 unspecified atom stereocenters. The molecule has 0 saturated heterocycles. The number of fused-ring (bicyclic) bond motifs is 1. The van der Waals surface area contributed by atoms with Crippen molar-refractivity contribution in [2.24, 2.45) is 5.41 Å². The Bertz CT molecular complexity index is 1280. The van der Waals surface area contributed by atoms with Crippen LogP contribution in [-0.4, -0.2) is 5.91 Å². The van der Waals surface area contributed by atoms with Crippen molar-refractivity contribution >= 4 is 34.6 Å². The summed E-state index contributed by atoms with van der Waals surface area (Å²) < 4.78 is 14.8. The zero-order valence-corrected chi connectivity index (χ0v) is 17.8. The number of carbonyl (C=O) groups excluding carboxylic acids is 1. The van der Waals surface area contributed by atoms with Gasteiger partial charge in [0.1, 0.15) is 22.9 Å². The number of aryl methyl sites for hydroxylation is 1. The van der Waals surface area contributed by atoms with E-state index in [9.17, 15) is 14.4 Å². The van der Waals surface area contributed by atoms with Crippen LogP contribution >= 0.6 is 11.6 Å². The number of furan rings is 1. The zero-order chi connectivity index (χ0) is 22.7. The molecule has 1 aromatic heterocycles. The predicted molar refractivity (Wildman–Crippen MR) is 117 cm³/mol. The first-order chi connectivity index (χ1) is 14.4. The zero-order valence-electron chi connectivity index (χ0n) is 18.0. The average molecular weight is 429 g/mol. The van der Waals surface area contributed by atoms with E-state index < -0.39 is 22.3 Å². The molecule has 0 bridgehead atoms. The van der Waals surface area contributed by atoms with E-state index in [4.69, 9.17) is 17.4 Å². The number of amides is 1. The normalized spacial score (nSPS) is 16.0. The molecule has 1 atom stereocenters. The van der Waals surface area contributed by atoms with Crippen molar-refractivity contribution in [1.82, 2.24) is 5.32 Å². The number of carbonyl (C=O) groups is 1. The molecule has 3 N–H and O–H groups in total. The van der Waals surface area contributed by atoms with E-state index in [1.807, 2.05) is 20.8 Å². The maximum atomic E-state index is 12.4. The van der Waals surface area contributed by atoms with E-state index >= 15 is 0 Å². The SMILES string of the molecule is [2H][C@@](Nc1c(Nc2ccc(Cl)c3c2C(=O)NC3)c(=O)c1=O)(c1ccc(C)o1)C(C)(C)C. The Kier molecular flexibility index (Phi) is 4.43. The van der Waals surface area contributed by atoms with Gasteiger partial charge in [-0.25, -0.2) is 0 Å². The summed E-state index contributed by atoms with van der Waals surface area (Å²) in [4.78, 5) is 37.1. The Morgan fingerprint density at radius 1 is 1.13 bits per heavy atom. The molecular weight excluding hydrogens is 406 g/mol. The quantitative estimate of drug-likeness (QED) is 0.530. The molecule has 2 aromatic carbocycles. The minimum Gasteiger partial charge on any atom is -0.464 e. The molecule has 1 aliphatic heterocycles. The second kappa shape index (κ2) is 7.02. The molecule has 7 nitrogen and oxygen atoms in total. The Labute approximate surface area is 179 Å². The maximum absolute atomic E-state index is 12.4. The number of halogens is 1. The van der Waals surface area contributed by atoms with Gasteiger partial charge in [-0.1, -0.05) is 32.4 Å². The molecule has 3 aromatic rings. The fourth-order valence-corrected chi connectivity index (χ4v) is 3.72. The molecule has 2 heterocycles. The summed E-state index contributed by atoms with van der Waals surface area (Å²) >= 11 is 6.18. The standard InChI is InChI=1S/C22H22ClN3O4/c1-10-5-8-14(30-10)20(22(2,3)4)26-17-16(18(27)19(17)28)25-13-7-6-12(23)11-9-24-21(29)15(11)13/h5-8,20,25-26H,9H2,1-4H3,(H,24,29)/t20-/m1/s1/i20D. The molecule has 0 fully saturated rings. The number of benzene rings is 1. The van der Waals surface area contributed by atoms with Crippen molar-refractivity contribution in [3.05, 3.63) is 72.4 Å². The fraction of sp³-hybridized carbons (Fsp3) is 0.318. The Balaban J connectivity index is 1.75. The third-order valence-electron chi connectivity index (χ3n) is 5.07.